The third kappa shape index (κ3) is 5.02. The van der Waals surface area contributed by atoms with Gasteiger partial charge >= 0.3 is 5.97 Å². The molecule has 4 aromatic carbocycles. The van der Waals surface area contributed by atoms with Crippen LogP contribution in [0.2, 0.25) is 0 Å². The van der Waals surface area contributed by atoms with Crippen molar-refractivity contribution in [3.05, 3.63) is 121 Å². The molecule has 4 nitrogen and oxygen atoms in total. The minimum atomic E-state index is -0.459. The number of rotatable bonds is 6. The lowest BCUT2D eigenvalue weighted by Gasteiger charge is -2.10. The molecular formula is C31H24N2O2. The highest BCUT2D eigenvalue weighted by molar-refractivity contribution is 5.89. The van der Waals surface area contributed by atoms with Gasteiger partial charge in [0.15, 0.2) is 11.5 Å². The Morgan fingerprint density at radius 2 is 1.06 bits per heavy atom. The van der Waals surface area contributed by atoms with Gasteiger partial charge in [0.2, 0.25) is 0 Å². The van der Waals surface area contributed by atoms with Crippen LogP contribution in [0.3, 0.4) is 0 Å². The summed E-state index contributed by atoms with van der Waals surface area (Å²) in [5, 5.41) is 0. The molecule has 0 N–H and O–H groups in total. The predicted octanol–water partition coefficient (Wildman–Crippen LogP) is 7.32. The number of hydrogen-bond acceptors (Lipinski definition) is 4. The third-order valence-electron chi connectivity index (χ3n) is 5.75. The molecule has 0 radical (unpaired) electrons. The van der Waals surface area contributed by atoms with Crippen molar-refractivity contribution in [1.29, 1.82) is 0 Å². The molecule has 35 heavy (non-hydrogen) atoms. The van der Waals surface area contributed by atoms with Crippen LogP contribution in [0.15, 0.2) is 115 Å². The highest BCUT2D eigenvalue weighted by atomic mass is 16.5. The SMILES string of the molecule is CCOC(=O)c1cc(-c2ccc(-c3ccccc3)cc2)nc(-c2ccc(-c3ccccc3)cc2)n1. The zero-order valence-electron chi connectivity index (χ0n) is 19.4. The molecule has 0 aliphatic rings. The Kier molecular flexibility index (Phi) is 6.44. The van der Waals surface area contributed by atoms with Gasteiger partial charge in [0.25, 0.3) is 0 Å². The van der Waals surface area contributed by atoms with E-state index in [1.54, 1.807) is 13.0 Å². The maximum Gasteiger partial charge on any atom is 0.357 e. The Bertz CT molecular complexity index is 1330. The van der Waals surface area contributed by atoms with Crippen LogP contribution >= 0.6 is 0 Å². The van der Waals surface area contributed by atoms with E-state index in [0.717, 1.165) is 33.4 Å². The van der Waals surface area contributed by atoms with Crippen LogP contribution in [-0.2, 0) is 4.74 Å². The summed E-state index contributed by atoms with van der Waals surface area (Å²) in [5.74, 6) is 0.0245. The molecule has 0 aliphatic carbocycles. The van der Waals surface area contributed by atoms with Gasteiger partial charge in [-0.2, -0.15) is 0 Å². The van der Waals surface area contributed by atoms with Crippen molar-refractivity contribution >= 4 is 5.97 Å². The molecule has 1 heterocycles. The zero-order chi connectivity index (χ0) is 24.0. The van der Waals surface area contributed by atoms with Crippen LogP contribution in [-0.4, -0.2) is 22.5 Å². The average molecular weight is 457 g/mol. The van der Waals surface area contributed by atoms with Gasteiger partial charge in [0.05, 0.1) is 12.3 Å². The highest BCUT2D eigenvalue weighted by Crippen LogP contribution is 2.28. The first-order valence-electron chi connectivity index (χ1n) is 11.6. The Hall–Kier alpha value is -4.57. The summed E-state index contributed by atoms with van der Waals surface area (Å²) >= 11 is 0. The smallest absolute Gasteiger partial charge is 0.357 e. The standard InChI is InChI=1S/C31H24N2O2/c1-2-35-31(34)29-21-28(26-17-13-24(14-18-26)22-9-5-3-6-10-22)32-30(33-29)27-19-15-25(16-20-27)23-11-7-4-8-12-23/h3-21H,2H2,1H3. The Morgan fingerprint density at radius 1 is 0.600 bits per heavy atom. The second-order valence-corrected chi connectivity index (χ2v) is 8.07. The Labute approximate surface area is 204 Å². The lowest BCUT2D eigenvalue weighted by atomic mass is 10.0. The van der Waals surface area contributed by atoms with E-state index in [2.05, 4.69) is 41.4 Å². The Morgan fingerprint density at radius 3 is 1.57 bits per heavy atom. The second kappa shape index (κ2) is 10.1. The molecule has 0 fully saturated rings. The number of carbonyl (C=O) groups excluding carboxylic acids is 1. The van der Waals surface area contributed by atoms with Crippen LogP contribution in [0, 0.1) is 0 Å². The summed E-state index contributed by atoms with van der Waals surface area (Å²) in [6.45, 7) is 2.07. The number of esters is 1. The van der Waals surface area contributed by atoms with Crippen molar-refractivity contribution in [2.24, 2.45) is 0 Å². The first-order chi connectivity index (χ1) is 17.2. The van der Waals surface area contributed by atoms with E-state index >= 15 is 0 Å². The van der Waals surface area contributed by atoms with E-state index in [4.69, 9.17) is 9.72 Å². The van der Waals surface area contributed by atoms with E-state index in [9.17, 15) is 4.79 Å². The van der Waals surface area contributed by atoms with Crippen molar-refractivity contribution in [2.75, 3.05) is 6.61 Å². The summed E-state index contributed by atoms with van der Waals surface area (Å²) in [5.41, 5.74) is 7.15. The molecule has 0 saturated carbocycles. The minimum Gasteiger partial charge on any atom is -0.461 e. The zero-order valence-corrected chi connectivity index (χ0v) is 19.4. The van der Waals surface area contributed by atoms with Gasteiger partial charge in [-0.3, -0.25) is 0 Å². The van der Waals surface area contributed by atoms with Crippen LogP contribution in [0.4, 0.5) is 0 Å². The van der Waals surface area contributed by atoms with Crippen LogP contribution in [0.25, 0.3) is 44.9 Å². The quantitative estimate of drug-likeness (QED) is 0.251. The molecule has 1 aromatic heterocycles. The van der Waals surface area contributed by atoms with Crippen molar-refractivity contribution in [3.8, 4) is 44.9 Å². The van der Waals surface area contributed by atoms with Crippen LogP contribution in [0.5, 0.6) is 0 Å². The second-order valence-electron chi connectivity index (χ2n) is 8.07. The first kappa shape index (κ1) is 22.2. The maximum absolute atomic E-state index is 12.6. The fraction of sp³-hybridized carbons (Fsp3) is 0.0645. The topological polar surface area (TPSA) is 52.1 Å². The molecule has 0 atom stereocenters. The third-order valence-corrected chi connectivity index (χ3v) is 5.75. The fourth-order valence-electron chi connectivity index (χ4n) is 3.94. The van der Waals surface area contributed by atoms with Gasteiger partial charge in [-0.05, 0) is 35.2 Å². The number of hydrogen-bond donors (Lipinski definition) is 0. The molecule has 170 valence electrons. The lowest BCUT2D eigenvalue weighted by Crippen LogP contribution is -2.09. The summed E-state index contributed by atoms with van der Waals surface area (Å²) in [7, 11) is 0. The summed E-state index contributed by atoms with van der Waals surface area (Å²) < 4.78 is 5.23. The molecule has 4 heteroatoms. The normalized spacial score (nSPS) is 10.7. The van der Waals surface area contributed by atoms with Crippen molar-refractivity contribution in [3.63, 3.8) is 0 Å². The minimum absolute atomic E-state index is 0.242. The maximum atomic E-state index is 12.6. The van der Waals surface area contributed by atoms with E-state index in [0.29, 0.717) is 11.5 Å². The molecule has 0 amide bonds. The van der Waals surface area contributed by atoms with Gasteiger partial charge in [0.1, 0.15) is 0 Å². The first-order valence-corrected chi connectivity index (χ1v) is 11.6. The van der Waals surface area contributed by atoms with Gasteiger partial charge in [-0.25, -0.2) is 14.8 Å². The number of carbonyl (C=O) groups is 1. The summed E-state index contributed by atoms with van der Waals surface area (Å²) in [6, 6.07) is 38.3. The predicted molar refractivity (Wildman–Crippen MR) is 140 cm³/mol. The van der Waals surface area contributed by atoms with Gasteiger partial charge in [-0.1, -0.05) is 109 Å². The monoisotopic (exact) mass is 456 g/mol. The molecule has 0 aliphatic heterocycles. The number of aromatic nitrogens is 2. The van der Waals surface area contributed by atoms with Gasteiger partial charge in [0, 0.05) is 11.1 Å². The van der Waals surface area contributed by atoms with E-state index in [1.807, 2.05) is 72.8 Å². The van der Waals surface area contributed by atoms with Crippen molar-refractivity contribution < 1.29 is 9.53 Å². The van der Waals surface area contributed by atoms with Crippen molar-refractivity contribution in [2.45, 2.75) is 6.92 Å². The molecule has 0 saturated heterocycles. The van der Waals surface area contributed by atoms with E-state index < -0.39 is 5.97 Å². The highest BCUT2D eigenvalue weighted by Gasteiger charge is 2.15. The van der Waals surface area contributed by atoms with Crippen LogP contribution < -0.4 is 0 Å². The molecule has 0 spiro atoms. The summed E-state index contributed by atoms with van der Waals surface area (Å²) in [4.78, 5) is 21.9. The number of nitrogens with zero attached hydrogens (tertiary/aromatic N) is 2. The van der Waals surface area contributed by atoms with E-state index in [1.165, 1.54) is 0 Å². The number of ether oxygens (including phenoxy) is 1. The molecule has 5 rings (SSSR count). The molecular weight excluding hydrogens is 432 g/mol. The Balaban J connectivity index is 1.52. The van der Waals surface area contributed by atoms with Gasteiger partial charge in [-0.15, -0.1) is 0 Å². The van der Waals surface area contributed by atoms with Crippen LogP contribution in [0.1, 0.15) is 17.4 Å². The number of benzene rings is 4. The van der Waals surface area contributed by atoms with Crippen molar-refractivity contribution in [1.82, 2.24) is 9.97 Å². The lowest BCUT2D eigenvalue weighted by molar-refractivity contribution is 0.0519. The molecule has 5 aromatic rings. The van der Waals surface area contributed by atoms with Gasteiger partial charge < -0.3 is 4.74 Å². The fourth-order valence-corrected chi connectivity index (χ4v) is 3.94. The summed E-state index contributed by atoms with van der Waals surface area (Å²) in [6.07, 6.45) is 0. The molecule has 0 unspecified atom stereocenters. The average Bonchev–Trinajstić information content (AvgIpc) is 2.94. The molecule has 0 bridgehead atoms. The van der Waals surface area contributed by atoms with E-state index in [-0.39, 0.29) is 12.3 Å². The largest absolute Gasteiger partial charge is 0.461 e.